The van der Waals surface area contributed by atoms with Gasteiger partial charge in [0, 0.05) is 11.7 Å². The Kier molecular flexibility index (Phi) is 4.49. The Morgan fingerprint density at radius 1 is 1.19 bits per heavy atom. The number of nitrogens with zero attached hydrogens (tertiary/aromatic N) is 1. The Bertz CT molecular complexity index is 865. The van der Waals surface area contributed by atoms with Gasteiger partial charge in [0.1, 0.15) is 18.0 Å². The van der Waals surface area contributed by atoms with E-state index in [1.54, 1.807) is 6.20 Å². The Labute approximate surface area is 182 Å². The van der Waals surface area contributed by atoms with Gasteiger partial charge in [0.15, 0.2) is 6.10 Å². The van der Waals surface area contributed by atoms with Crippen LogP contribution in [-0.4, -0.2) is 64.8 Å². The largest absolute Gasteiger partial charge is 0.483 e. The SMILES string of the molecule is Cc1ncccc1O[C@H]1CO[C@H]2[C@@H]1OC[C@@H]2NC(=O)NC12C[C@@H]3C[C@@H](CC(O)(C3)C1)C2. The highest BCUT2D eigenvalue weighted by atomic mass is 16.6. The standard InChI is InChI=1S/C23H31N3O5/c1-13-17(3-2-4-24-13)31-18-11-30-19-16(10-29-20(18)19)25-21(27)26-22-6-14-5-15(7-22)9-23(28,8-14)12-22/h2-4,14-16,18-20,28H,5-12H2,1H3,(H2,25,26,27)/t14-,15+,16-,18-,19+,20+,22?,23?/m0/s1. The van der Waals surface area contributed by atoms with Gasteiger partial charge in [0.2, 0.25) is 0 Å². The van der Waals surface area contributed by atoms with Crippen molar-refractivity contribution in [1.82, 2.24) is 15.6 Å². The molecule has 0 aromatic carbocycles. The fourth-order valence-corrected chi connectivity index (χ4v) is 7.25. The van der Waals surface area contributed by atoms with Gasteiger partial charge < -0.3 is 30.0 Å². The van der Waals surface area contributed by atoms with E-state index in [2.05, 4.69) is 15.6 Å². The fraction of sp³-hybridized carbons (Fsp3) is 0.739. The number of fused-ring (bicyclic) bond motifs is 1. The van der Waals surface area contributed by atoms with Crippen LogP contribution in [0.1, 0.15) is 44.2 Å². The average Bonchev–Trinajstić information content (AvgIpc) is 3.24. The quantitative estimate of drug-likeness (QED) is 0.673. The second kappa shape index (κ2) is 7.05. The molecule has 1 aromatic heterocycles. The van der Waals surface area contributed by atoms with E-state index >= 15 is 0 Å². The predicted octanol–water partition coefficient (Wildman–Crippen LogP) is 1.69. The molecule has 0 spiro atoms. The van der Waals surface area contributed by atoms with Crippen LogP contribution in [0.3, 0.4) is 0 Å². The molecule has 6 fully saturated rings. The third kappa shape index (κ3) is 3.49. The second-order valence-corrected chi connectivity index (χ2v) is 10.5. The van der Waals surface area contributed by atoms with E-state index in [4.69, 9.17) is 14.2 Å². The molecule has 8 atom stereocenters. The molecule has 0 radical (unpaired) electrons. The van der Waals surface area contributed by atoms with Gasteiger partial charge in [-0.1, -0.05) is 0 Å². The first-order valence-electron chi connectivity index (χ1n) is 11.5. The van der Waals surface area contributed by atoms with Crippen LogP contribution in [0.4, 0.5) is 4.79 Å². The normalized spacial score (nSPS) is 44.8. The van der Waals surface area contributed by atoms with Crippen molar-refractivity contribution in [1.29, 1.82) is 0 Å². The summed E-state index contributed by atoms with van der Waals surface area (Å²) in [5, 5.41) is 17.3. The Morgan fingerprint density at radius 3 is 2.71 bits per heavy atom. The minimum atomic E-state index is -0.595. The van der Waals surface area contributed by atoms with Gasteiger partial charge in [0.25, 0.3) is 0 Å². The van der Waals surface area contributed by atoms with Crippen molar-refractivity contribution in [3.8, 4) is 5.75 Å². The molecule has 6 aliphatic rings. The maximum Gasteiger partial charge on any atom is 0.315 e. The van der Waals surface area contributed by atoms with Crippen molar-refractivity contribution in [3.05, 3.63) is 24.0 Å². The molecule has 2 saturated heterocycles. The summed E-state index contributed by atoms with van der Waals surface area (Å²) >= 11 is 0. The van der Waals surface area contributed by atoms with Crippen LogP contribution in [-0.2, 0) is 9.47 Å². The summed E-state index contributed by atoms with van der Waals surface area (Å²) in [5.41, 5.74) is -0.0418. The number of hydrogen-bond acceptors (Lipinski definition) is 6. The van der Waals surface area contributed by atoms with E-state index < -0.39 is 5.60 Å². The molecule has 8 heteroatoms. The summed E-state index contributed by atoms with van der Waals surface area (Å²) < 4.78 is 18.1. The van der Waals surface area contributed by atoms with Crippen molar-refractivity contribution in [2.24, 2.45) is 11.8 Å². The molecule has 4 aliphatic carbocycles. The van der Waals surface area contributed by atoms with E-state index in [0.717, 1.165) is 37.1 Å². The molecular formula is C23H31N3O5. The van der Waals surface area contributed by atoms with Crippen LogP contribution in [0.25, 0.3) is 0 Å². The molecule has 31 heavy (non-hydrogen) atoms. The number of aromatic nitrogens is 1. The summed E-state index contributed by atoms with van der Waals surface area (Å²) in [6.45, 7) is 2.73. The number of hydrogen-bond donors (Lipinski definition) is 3. The number of carbonyl (C=O) groups is 1. The molecule has 7 rings (SSSR count). The molecule has 1 aromatic rings. The van der Waals surface area contributed by atoms with Crippen LogP contribution in [0.5, 0.6) is 5.75 Å². The molecule has 2 unspecified atom stereocenters. The van der Waals surface area contributed by atoms with Gasteiger partial charge in [-0.25, -0.2) is 4.79 Å². The Balaban J connectivity index is 1.08. The number of urea groups is 1. The number of aliphatic hydroxyl groups is 1. The summed E-state index contributed by atoms with van der Waals surface area (Å²) in [4.78, 5) is 17.2. The first-order valence-corrected chi connectivity index (χ1v) is 11.5. The Morgan fingerprint density at radius 2 is 1.97 bits per heavy atom. The van der Waals surface area contributed by atoms with Gasteiger partial charge >= 0.3 is 6.03 Å². The molecule has 3 heterocycles. The number of aryl methyl sites for hydroxylation is 1. The van der Waals surface area contributed by atoms with Crippen molar-refractivity contribution in [2.45, 2.75) is 80.9 Å². The minimum absolute atomic E-state index is 0.184. The summed E-state index contributed by atoms with van der Waals surface area (Å²) in [6.07, 6.45) is 6.67. The summed E-state index contributed by atoms with van der Waals surface area (Å²) in [5.74, 6) is 1.78. The van der Waals surface area contributed by atoms with Crippen LogP contribution in [0.2, 0.25) is 0 Å². The highest BCUT2D eigenvalue weighted by molar-refractivity contribution is 5.75. The first-order chi connectivity index (χ1) is 14.9. The van der Waals surface area contributed by atoms with Crippen LogP contribution in [0.15, 0.2) is 18.3 Å². The van der Waals surface area contributed by atoms with Gasteiger partial charge in [-0.15, -0.1) is 0 Å². The van der Waals surface area contributed by atoms with Gasteiger partial charge in [0.05, 0.1) is 30.6 Å². The lowest BCUT2D eigenvalue weighted by Gasteiger charge is -2.60. The first kappa shape index (κ1) is 19.8. The van der Waals surface area contributed by atoms with E-state index in [1.807, 2.05) is 19.1 Å². The number of ether oxygens (including phenoxy) is 3. The number of rotatable bonds is 4. The predicted molar refractivity (Wildman–Crippen MR) is 111 cm³/mol. The Hall–Kier alpha value is -1.90. The molecule has 4 saturated carbocycles. The third-order valence-electron chi connectivity index (χ3n) is 7.97. The zero-order valence-corrected chi connectivity index (χ0v) is 17.9. The number of amides is 2. The van der Waals surface area contributed by atoms with E-state index in [0.29, 0.717) is 31.5 Å². The lowest BCUT2D eigenvalue weighted by Crippen LogP contribution is -2.67. The molecule has 3 N–H and O–H groups in total. The van der Waals surface area contributed by atoms with Crippen LogP contribution in [0, 0.1) is 18.8 Å². The minimum Gasteiger partial charge on any atom is -0.483 e. The van der Waals surface area contributed by atoms with Gasteiger partial charge in [-0.05, 0) is 69.4 Å². The topological polar surface area (TPSA) is 102 Å². The van der Waals surface area contributed by atoms with Crippen molar-refractivity contribution in [3.63, 3.8) is 0 Å². The fourth-order valence-electron chi connectivity index (χ4n) is 7.25. The lowest BCUT2D eigenvalue weighted by atomic mass is 9.51. The number of carbonyl (C=O) groups excluding carboxylic acids is 1. The van der Waals surface area contributed by atoms with Crippen LogP contribution < -0.4 is 15.4 Å². The maximum atomic E-state index is 12.9. The molecule has 168 valence electrons. The van der Waals surface area contributed by atoms with Crippen molar-refractivity contribution in [2.75, 3.05) is 13.2 Å². The average molecular weight is 430 g/mol. The molecule has 8 nitrogen and oxygen atoms in total. The van der Waals surface area contributed by atoms with E-state index in [9.17, 15) is 9.90 Å². The highest BCUT2D eigenvalue weighted by Crippen LogP contribution is 2.57. The summed E-state index contributed by atoms with van der Waals surface area (Å²) in [6, 6.07) is 3.34. The number of pyridine rings is 1. The monoisotopic (exact) mass is 429 g/mol. The zero-order chi connectivity index (χ0) is 21.2. The van der Waals surface area contributed by atoms with Crippen molar-refractivity contribution < 1.29 is 24.1 Å². The molecule has 4 bridgehead atoms. The molecule has 2 amide bonds. The van der Waals surface area contributed by atoms with Crippen molar-refractivity contribution >= 4 is 6.03 Å². The van der Waals surface area contributed by atoms with Crippen LogP contribution >= 0.6 is 0 Å². The smallest absolute Gasteiger partial charge is 0.315 e. The number of nitrogens with one attached hydrogen (secondary N) is 2. The highest BCUT2D eigenvalue weighted by Gasteiger charge is 2.58. The van der Waals surface area contributed by atoms with Gasteiger partial charge in [-0.2, -0.15) is 0 Å². The zero-order valence-electron chi connectivity index (χ0n) is 17.9. The van der Waals surface area contributed by atoms with Gasteiger partial charge in [-0.3, -0.25) is 4.98 Å². The van der Waals surface area contributed by atoms with E-state index in [1.165, 1.54) is 6.42 Å². The maximum absolute atomic E-state index is 12.9. The summed E-state index contributed by atoms with van der Waals surface area (Å²) in [7, 11) is 0. The van der Waals surface area contributed by atoms with E-state index in [-0.39, 0.29) is 35.9 Å². The molecule has 2 aliphatic heterocycles. The third-order valence-corrected chi connectivity index (χ3v) is 7.97. The lowest BCUT2D eigenvalue weighted by molar-refractivity contribution is -0.139. The molecular weight excluding hydrogens is 398 g/mol. The second-order valence-electron chi connectivity index (χ2n) is 10.5.